The fourth-order valence-corrected chi connectivity index (χ4v) is 2.62. The van der Waals surface area contributed by atoms with Crippen molar-refractivity contribution in [1.29, 1.82) is 0 Å². The van der Waals surface area contributed by atoms with E-state index < -0.39 is 0 Å². The lowest BCUT2D eigenvalue weighted by Gasteiger charge is -2.14. The van der Waals surface area contributed by atoms with Crippen LogP contribution in [0, 0.1) is 0 Å². The third kappa shape index (κ3) is 3.97. The van der Waals surface area contributed by atoms with Gasteiger partial charge in [-0.3, -0.25) is 4.79 Å². The summed E-state index contributed by atoms with van der Waals surface area (Å²) in [5, 5.41) is 2.89. The molecular formula is C18H21N2O4+. The molecule has 1 unspecified atom stereocenters. The molecule has 0 spiro atoms. The monoisotopic (exact) mass is 329 g/mol. The van der Waals surface area contributed by atoms with Gasteiger partial charge in [0.2, 0.25) is 6.79 Å². The zero-order valence-corrected chi connectivity index (χ0v) is 13.8. The van der Waals surface area contributed by atoms with E-state index in [2.05, 4.69) is 5.32 Å². The number of quaternary nitrogens is 1. The molecule has 1 aliphatic heterocycles. The minimum Gasteiger partial charge on any atom is -0.497 e. The Morgan fingerprint density at radius 3 is 2.67 bits per heavy atom. The van der Waals surface area contributed by atoms with Crippen LogP contribution in [0.15, 0.2) is 42.5 Å². The van der Waals surface area contributed by atoms with Gasteiger partial charge in [-0.25, -0.2) is 0 Å². The third-order valence-corrected chi connectivity index (χ3v) is 3.78. The van der Waals surface area contributed by atoms with Crippen molar-refractivity contribution < 1.29 is 23.9 Å². The molecule has 1 heterocycles. The van der Waals surface area contributed by atoms with E-state index in [1.165, 1.54) is 0 Å². The lowest BCUT2D eigenvalue weighted by Crippen LogP contribution is -3.08. The minimum atomic E-state index is -0.0292. The van der Waals surface area contributed by atoms with Crippen molar-refractivity contribution >= 4 is 11.6 Å². The molecule has 6 heteroatoms. The van der Waals surface area contributed by atoms with Gasteiger partial charge in [0.05, 0.1) is 14.2 Å². The van der Waals surface area contributed by atoms with Gasteiger partial charge < -0.3 is 24.4 Å². The normalized spacial score (nSPS) is 13.4. The number of rotatable bonds is 6. The van der Waals surface area contributed by atoms with E-state index in [1.807, 2.05) is 49.5 Å². The van der Waals surface area contributed by atoms with Crippen LogP contribution in [0.4, 0.5) is 5.69 Å². The molecule has 6 nitrogen and oxygen atoms in total. The Morgan fingerprint density at radius 2 is 1.92 bits per heavy atom. The minimum absolute atomic E-state index is 0.0292. The molecule has 0 fully saturated rings. The van der Waals surface area contributed by atoms with Crippen LogP contribution < -0.4 is 24.4 Å². The molecule has 24 heavy (non-hydrogen) atoms. The molecule has 0 bridgehead atoms. The molecule has 0 aromatic heterocycles. The molecule has 0 saturated heterocycles. The van der Waals surface area contributed by atoms with Crippen molar-refractivity contribution in [3.63, 3.8) is 0 Å². The maximum atomic E-state index is 12.1. The van der Waals surface area contributed by atoms with Crippen molar-refractivity contribution in [2.75, 3.05) is 32.8 Å². The number of benzene rings is 2. The molecule has 0 saturated carbocycles. The van der Waals surface area contributed by atoms with Gasteiger partial charge in [-0.05, 0) is 42.5 Å². The molecule has 3 rings (SSSR count). The van der Waals surface area contributed by atoms with E-state index in [-0.39, 0.29) is 12.7 Å². The Bertz CT molecular complexity index is 715. The number of methoxy groups -OCH3 is 1. The lowest BCUT2D eigenvalue weighted by molar-refractivity contribution is -0.885. The van der Waals surface area contributed by atoms with Crippen molar-refractivity contribution in [2.24, 2.45) is 0 Å². The largest absolute Gasteiger partial charge is 0.497 e. The van der Waals surface area contributed by atoms with Crippen LogP contribution in [0.25, 0.3) is 0 Å². The van der Waals surface area contributed by atoms with Gasteiger partial charge in [0, 0.05) is 11.3 Å². The second kappa shape index (κ2) is 7.23. The second-order valence-electron chi connectivity index (χ2n) is 5.77. The smallest absolute Gasteiger partial charge is 0.279 e. The molecule has 2 aromatic rings. The Balaban J connectivity index is 1.52. The predicted molar refractivity (Wildman–Crippen MR) is 89.6 cm³/mol. The number of nitrogens with one attached hydrogen (secondary N) is 2. The van der Waals surface area contributed by atoms with E-state index >= 15 is 0 Å². The van der Waals surface area contributed by atoms with E-state index in [0.29, 0.717) is 6.54 Å². The zero-order chi connectivity index (χ0) is 16.9. The number of carbonyl (C=O) groups is 1. The standard InChI is InChI=1S/C18H20N2O4/c1-20(10-13-3-8-16-17(9-13)24-12-23-16)11-18(21)19-14-4-6-15(22-2)7-5-14/h3-9H,10-12H2,1-2H3,(H,19,21)/p+1. The summed E-state index contributed by atoms with van der Waals surface area (Å²) in [6.45, 7) is 1.37. The van der Waals surface area contributed by atoms with Gasteiger partial charge in [-0.1, -0.05) is 0 Å². The summed E-state index contributed by atoms with van der Waals surface area (Å²) < 4.78 is 15.8. The van der Waals surface area contributed by atoms with Gasteiger partial charge >= 0.3 is 0 Å². The molecule has 2 aromatic carbocycles. The van der Waals surface area contributed by atoms with E-state index in [0.717, 1.165) is 39.9 Å². The summed E-state index contributed by atoms with van der Waals surface area (Å²) in [6.07, 6.45) is 0. The predicted octanol–water partition coefficient (Wildman–Crippen LogP) is 1.08. The Labute approximate surface area is 140 Å². The quantitative estimate of drug-likeness (QED) is 0.832. The highest BCUT2D eigenvalue weighted by atomic mass is 16.7. The summed E-state index contributed by atoms with van der Waals surface area (Å²) in [5.74, 6) is 2.27. The van der Waals surface area contributed by atoms with Gasteiger partial charge in [0.1, 0.15) is 12.3 Å². The Hall–Kier alpha value is -2.73. The van der Waals surface area contributed by atoms with Crippen molar-refractivity contribution in [3.8, 4) is 17.2 Å². The molecule has 2 N–H and O–H groups in total. The van der Waals surface area contributed by atoms with Gasteiger partial charge in [-0.2, -0.15) is 0 Å². The van der Waals surface area contributed by atoms with Crippen LogP contribution in [-0.2, 0) is 11.3 Å². The molecule has 0 aliphatic carbocycles. The van der Waals surface area contributed by atoms with Crippen LogP contribution in [0.5, 0.6) is 17.2 Å². The average Bonchev–Trinajstić information content (AvgIpc) is 3.03. The van der Waals surface area contributed by atoms with Gasteiger partial charge in [0.25, 0.3) is 5.91 Å². The van der Waals surface area contributed by atoms with Crippen LogP contribution in [0.2, 0.25) is 0 Å². The van der Waals surface area contributed by atoms with Crippen LogP contribution in [-0.4, -0.2) is 33.4 Å². The van der Waals surface area contributed by atoms with Crippen molar-refractivity contribution in [1.82, 2.24) is 0 Å². The average molecular weight is 329 g/mol. The summed E-state index contributed by atoms with van der Waals surface area (Å²) in [4.78, 5) is 13.2. The Morgan fingerprint density at radius 1 is 1.17 bits per heavy atom. The SMILES string of the molecule is COc1ccc(NC(=O)C[NH+](C)Cc2ccc3c(c2)OCO3)cc1. The number of amides is 1. The number of likely N-dealkylation sites (N-methyl/N-ethyl adjacent to an activating group) is 1. The fraction of sp³-hybridized carbons (Fsp3) is 0.278. The first kappa shape index (κ1) is 16.1. The summed E-state index contributed by atoms with van der Waals surface area (Å²) >= 11 is 0. The lowest BCUT2D eigenvalue weighted by atomic mass is 10.2. The van der Waals surface area contributed by atoms with Crippen LogP contribution in [0.3, 0.4) is 0 Å². The van der Waals surface area contributed by atoms with E-state index in [1.54, 1.807) is 7.11 Å². The first-order valence-corrected chi connectivity index (χ1v) is 7.78. The summed E-state index contributed by atoms with van der Waals surface area (Å²) in [7, 11) is 3.60. The molecule has 1 aliphatic rings. The Kier molecular flexibility index (Phi) is 4.86. The molecule has 1 atom stereocenters. The highest BCUT2D eigenvalue weighted by Gasteiger charge is 2.16. The zero-order valence-electron chi connectivity index (χ0n) is 13.8. The van der Waals surface area contributed by atoms with Gasteiger partial charge in [-0.15, -0.1) is 0 Å². The number of anilines is 1. The maximum absolute atomic E-state index is 12.1. The molecule has 126 valence electrons. The van der Waals surface area contributed by atoms with Crippen LogP contribution in [0.1, 0.15) is 5.56 Å². The second-order valence-corrected chi connectivity index (χ2v) is 5.77. The highest BCUT2D eigenvalue weighted by molar-refractivity contribution is 5.91. The molecule has 0 radical (unpaired) electrons. The number of carbonyl (C=O) groups excluding carboxylic acids is 1. The molecule has 1 amide bonds. The number of hydrogen-bond acceptors (Lipinski definition) is 4. The third-order valence-electron chi connectivity index (χ3n) is 3.78. The van der Waals surface area contributed by atoms with E-state index in [4.69, 9.17) is 14.2 Å². The fourth-order valence-electron chi connectivity index (χ4n) is 2.62. The van der Waals surface area contributed by atoms with Crippen LogP contribution >= 0.6 is 0 Å². The van der Waals surface area contributed by atoms with E-state index in [9.17, 15) is 4.79 Å². The first-order chi connectivity index (χ1) is 11.6. The number of hydrogen-bond donors (Lipinski definition) is 2. The molecular weight excluding hydrogens is 308 g/mol. The topological polar surface area (TPSA) is 61.2 Å². The number of ether oxygens (including phenoxy) is 3. The summed E-state index contributed by atoms with van der Waals surface area (Å²) in [6, 6.07) is 13.2. The maximum Gasteiger partial charge on any atom is 0.279 e. The first-order valence-electron chi connectivity index (χ1n) is 7.78. The summed E-state index contributed by atoms with van der Waals surface area (Å²) in [5.41, 5.74) is 1.87. The van der Waals surface area contributed by atoms with Gasteiger partial charge in [0.15, 0.2) is 18.0 Å². The van der Waals surface area contributed by atoms with Crippen molar-refractivity contribution in [2.45, 2.75) is 6.54 Å². The highest BCUT2D eigenvalue weighted by Crippen LogP contribution is 2.32. The van der Waals surface area contributed by atoms with Crippen molar-refractivity contribution in [3.05, 3.63) is 48.0 Å². The number of fused-ring (bicyclic) bond motifs is 1.